The molecule has 2 rings (SSSR count). The van der Waals surface area contributed by atoms with E-state index in [2.05, 4.69) is 10.6 Å². The van der Waals surface area contributed by atoms with Gasteiger partial charge in [0.15, 0.2) is 0 Å². The van der Waals surface area contributed by atoms with E-state index in [1.165, 1.54) is 6.07 Å². The first-order chi connectivity index (χ1) is 9.08. The third kappa shape index (κ3) is 3.89. The SMILES string of the molecule is Cl.O=C(NCc1ccccc1[N+](=O)[O-])C1CC(O)CN1. The van der Waals surface area contributed by atoms with E-state index in [0.717, 1.165) is 0 Å². The quantitative estimate of drug-likeness (QED) is 0.550. The highest BCUT2D eigenvalue weighted by molar-refractivity contribution is 5.85. The Morgan fingerprint density at radius 1 is 1.50 bits per heavy atom. The van der Waals surface area contributed by atoms with Crippen molar-refractivity contribution in [2.75, 3.05) is 6.54 Å². The molecular weight excluding hydrogens is 286 g/mol. The molecule has 1 aromatic carbocycles. The number of aliphatic hydroxyl groups is 1. The summed E-state index contributed by atoms with van der Waals surface area (Å²) < 4.78 is 0. The lowest BCUT2D eigenvalue weighted by Gasteiger charge is -2.11. The van der Waals surface area contributed by atoms with Crippen molar-refractivity contribution in [2.45, 2.75) is 25.1 Å². The second-order valence-electron chi connectivity index (χ2n) is 4.45. The van der Waals surface area contributed by atoms with Gasteiger partial charge >= 0.3 is 0 Å². The Labute approximate surface area is 121 Å². The number of β-amino-alcohol motifs (C(OH)–C–C–N with tert-alkyl or cyclic N) is 1. The summed E-state index contributed by atoms with van der Waals surface area (Å²) in [4.78, 5) is 22.1. The zero-order valence-electron chi connectivity index (χ0n) is 10.6. The number of nitro groups is 1. The van der Waals surface area contributed by atoms with Crippen molar-refractivity contribution < 1.29 is 14.8 Å². The second-order valence-corrected chi connectivity index (χ2v) is 4.45. The predicted molar refractivity (Wildman–Crippen MR) is 74.6 cm³/mol. The van der Waals surface area contributed by atoms with Crippen molar-refractivity contribution in [1.82, 2.24) is 10.6 Å². The summed E-state index contributed by atoms with van der Waals surface area (Å²) >= 11 is 0. The Bertz CT molecular complexity index is 497. The largest absolute Gasteiger partial charge is 0.392 e. The number of carbonyl (C=O) groups excluding carboxylic acids is 1. The third-order valence-corrected chi connectivity index (χ3v) is 3.07. The molecule has 110 valence electrons. The van der Waals surface area contributed by atoms with Crippen molar-refractivity contribution in [3.63, 3.8) is 0 Å². The van der Waals surface area contributed by atoms with Gasteiger partial charge in [0.2, 0.25) is 5.91 Å². The summed E-state index contributed by atoms with van der Waals surface area (Å²) in [5.74, 6) is -0.255. The second kappa shape index (κ2) is 7.18. The minimum absolute atomic E-state index is 0. The number of amides is 1. The van der Waals surface area contributed by atoms with Crippen molar-refractivity contribution in [2.24, 2.45) is 0 Å². The number of halogens is 1. The fourth-order valence-electron chi connectivity index (χ4n) is 2.06. The van der Waals surface area contributed by atoms with E-state index >= 15 is 0 Å². The molecule has 1 saturated heterocycles. The molecule has 0 radical (unpaired) electrons. The van der Waals surface area contributed by atoms with Crippen LogP contribution in [0.5, 0.6) is 0 Å². The summed E-state index contributed by atoms with van der Waals surface area (Å²) in [6, 6.07) is 5.84. The third-order valence-electron chi connectivity index (χ3n) is 3.07. The Morgan fingerprint density at radius 3 is 2.80 bits per heavy atom. The normalized spacial score (nSPS) is 21.1. The molecular formula is C12H16ClN3O4. The van der Waals surface area contributed by atoms with Crippen LogP contribution < -0.4 is 10.6 Å². The highest BCUT2D eigenvalue weighted by atomic mass is 35.5. The molecule has 0 saturated carbocycles. The van der Waals surface area contributed by atoms with Gasteiger partial charge in [-0.1, -0.05) is 18.2 Å². The van der Waals surface area contributed by atoms with E-state index in [-0.39, 0.29) is 30.5 Å². The Kier molecular flexibility index (Phi) is 5.87. The van der Waals surface area contributed by atoms with Gasteiger partial charge in [-0.2, -0.15) is 0 Å². The predicted octanol–water partition coefficient (Wildman–Crippen LogP) is 0.356. The number of benzene rings is 1. The molecule has 8 heteroatoms. The number of nitro benzene ring substituents is 1. The van der Waals surface area contributed by atoms with Crippen molar-refractivity contribution in [1.29, 1.82) is 0 Å². The summed E-state index contributed by atoms with van der Waals surface area (Å²) in [5.41, 5.74) is 0.446. The number of hydrogen-bond donors (Lipinski definition) is 3. The standard InChI is InChI=1S/C12H15N3O4.ClH/c16-9-5-10(13-7-9)12(17)14-6-8-3-1-2-4-11(8)15(18)19;/h1-4,9-10,13,16H,5-7H2,(H,14,17);1H. The van der Waals surface area contributed by atoms with Gasteiger partial charge in [0.05, 0.1) is 17.1 Å². The molecule has 0 bridgehead atoms. The monoisotopic (exact) mass is 301 g/mol. The molecule has 0 spiro atoms. The number of para-hydroxylation sites is 1. The Balaban J connectivity index is 0.00000200. The average Bonchev–Trinajstić information content (AvgIpc) is 2.83. The minimum Gasteiger partial charge on any atom is -0.392 e. The van der Waals surface area contributed by atoms with Crippen LogP contribution in [0.25, 0.3) is 0 Å². The van der Waals surface area contributed by atoms with E-state index < -0.39 is 17.1 Å². The van der Waals surface area contributed by atoms with Crippen LogP contribution in [0.2, 0.25) is 0 Å². The maximum atomic E-state index is 11.8. The van der Waals surface area contributed by atoms with E-state index in [4.69, 9.17) is 0 Å². The first-order valence-electron chi connectivity index (χ1n) is 5.99. The van der Waals surface area contributed by atoms with Gasteiger partial charge in [-0.3, -0.25) is 14.9 Å². The lowest BCUT2D eigenvalue weighted by atomic mass is 10.1. The van der Waals surface area contributed by atoms with Crippen LogP contribution in [0.4, 0.5) is 5.69 Å². The number of carbonyl (C=O) groups is 1. The molecule has 2 unspecified atom stereocenters. The Hall–Kier alpha value is -1.70. The van der Waals surface area contributed by atoms with E-state index in [1.807, 2.05) is 0 Å². The van der Waals surface area contributed by atoms with Crippen LogP contribution in [0.15, 0.2) is 24.3 Å². The Morgan fingerprint density at radius 2 is 2.20 bits per heavy atom. The number of aliphatic hydroxyl groups excluding tert-OH is 1. The number of hydrogen-bond acceptors (Lipinski definition) is 5. The van der Waals surface area contributed by atoms with Gasteiger partial charge in [-0.25, -0.2) is 0 Å². The van der Waals surface area contributed by atoms with Crippen molar-refractivity contribution in [3.05, 3.63) is 39.9 Å². The zero-order valence-corrected chi connectivity index (χ0v) is 11.4. The molecule has 3 N–H and O–H groups in total. The van der Waals surface area contributed by atoms with Crippen molar-refractivity contribution in [3.8, 4) is 0 Å². The molecule has 1 heterocycles. The van der Waals surface area contributed by atoms with Gasteiger partial charge in [0.25, 0.3) is 5.69 Å². The van der Waals surface area contributed by atoms with Crippen LogP contribution in [-0.4, -0.2) is 34.6 Å². The summed E-state index contributed by atoms with van der Waals surface area (Å²) in [5, 5.41) is 25.7. The van der Waals surface area contributed by atoms with Gasteiger partial charge in [0.1, 0.15) is 0 Å². The molecule has 1 fully saturated rings. The maximum Gasteiger partial charge on any atom is 0.274 e. The van der Waals surface area contributed by atoms with Crippen LogP contribution in [0.3, 0.4) is 0 Å². The lowest BCUT2D eigenvalue weighted by Crippen LogP contribution is -2.40. The van der Waals surface area contributed by atoms with Crippen LogP contribution in [-0.2, 0) is 11.3 Å². The number of nitrogens with one attached hydrogen (secondary N) is 2. The molecule has 2 atom stereocenters. The van der Waals surface area contributed by atoms with Crippen LogP contribution in [0.1, 0.15) is 12.0 Å². The van der Waals surface area contributed by atoms with Crippen LogP contribution >= 0.6 is 12.4 Å². The van der Waals surface area contributed by atoms with Gasteiger partial charge in [0, 0.05) is 24.7 Å². The molecule has 0 aromatic heterocycles. The minimum atomic E-state index is -0.512. The van der Waals surface area contributed by atoms with E-state index in [0.29, 0.717) is 18.5 Å². The summed E-state index contributed by atoms with van der Waals surface area (Å²) in [6.45, 7) is 0.494. The van der Waals surface area contributed by atoms with Gasteiger partial charge < -0.3 is 15.7 Å². The number of rotatable bonds is 4. The molecule has 1 aliphatic rings. The smallest absolute Gasteiger partial charge is 0.274 e. The fourth-order valence-corrected chi connectivity index (χ4v) is 2.06. The maximum absolute atomic E-state index is 11.8. The van der Waals surface area contributed by atoms with Crippen LogP contribution in [0, 0.1) is 10.1 Å². The highest BCUT2D eigenvalue weighted by Crippen LogP contribution is 2.17. The average molecular weight is 302 g/mol. The molecule has 1 aromatic rings. The fraction of sp³-hybridized carbons (Fsp3) is 0.417. The van der Waals surface area contributed by atoms with Gasteiger partial charge in [-0.15, -0.1) is 12.4 Å². The van der Waals surface area contributed by atoms with E-state index in [9.17, 15) is 20.0 Å². The molecule has 1 amide bonds. The van der Waals surface area contributed by atoms with Gasteiger partial charge in [-0.05, 0) is 6.42 Å². The number of nitrogens with zero attached hydrogens (tertiary/aromatic N) is 1. The summed E-state index contributed by atoms with van der Waals surface area (Å²) in [6.07, 6.45) is -0.148. The first kappa shape index (κ1) is 16.4. The summed E-state index contributed by atoms with van der Waals surface area (Å²) in [7, 11) is 0. The van der Waals surface area contributed by atoms with E-state index in [1.54, 1.807) is 18.2 Å². The molecule has 7 nitrogen and oxygen atoms in total. The molecule has 1 aliphatic heterocycles. The highest BCUT2D eigenvalue weighted by Gasteiger charge is 2.28. The zero-order chi connectivity index (χ0) is 13.8. The molecule has 0 aliphatic carbocycles. The van der Waals surface area contributed by atoms with Crippen molar-refractivity contribution >= 4 is 24.0 Å². The lowest BCUT2D eigenvalue weighted by molar-refractivity contribution is -0.385. The topological polar surface area (TPSA) is 104 Å². The molecule has 20 heavy (non-hydrogen) atoms. The first-order valence-corrected chi connectivity index (χ1v) is 5.99.